The van der Waals surface area contributed by atoms with Crippen molar-refractivity contribution in [3.63, 3.8) is 0 Å². The third kappa shape index (κ3) is 0.743. The number of aryl methyl sites for hydroxylation is 1. The predicted molar refractivity (Wildman–Crippen MR) is 35.4 cm³/mol. The second-order valence-electron chi connectivity index (χ2n) is 2.70. The summed E-state index contributed by atoms with van der Waals surface area (Å²) in [6, 6.07) is 0. The van der Waals surface area contributed by atoms with Crippen molar-refractivity contribution in [3.05, 3.63) is 17.0 Å². The highest BCUT2D eigenvalue weighted by Gasteiger charge is 2.18. The van der Waals surface area contributed by atoms with E-state index < -0.39 is 0 Å². The van der Waals surface area contributed by atoms with E-state index in [9.17, 15) is 0 Å². The fourth-order valence-corrected chi connectivity index (χ4v) is 1.40. The minimum Gasteiger partial charge on any atom is -0.355 e. The average molecular weight is 139 g/mol. The summed E-state index contributed by atoms with van der Waals surface area (Å²) in [5, 5.41) is 6.15. The molecule has 0 atom stereocenters. The van der Waals surface area contributed by atoms with Crippen LogP contribution in [0.15, 0.2) is 4.52 Å². The minimum absolute atomic E-state index is 0.968. The van der Waals surface area contributed by atoms with E-state index in [1.54, 1.807) is 0 Å². The average Bonchev–Trinajstić information content (AvgIpc) is 2.34. The number of nitrogens with zero attached hydrogens (tertiary/aromatic N) is 1. The van der Waals surface area contributed by atoms with Crippen LogP contribution < -0.4 is 5.32 Å². The van der Waals surface area contributed by atoms with E-state index in [0.717, 1.165) is 24.4 Å². The Hall–Kier alpha value is -0.830. The summed E-state index contributed by atoms with van der Waals surface area (Å²) in [5.74, 6) is 1.07. The van der Waals surface area contributed by atoms with Gasteiger partial charge in [0.2, 0.25) is 0 Å². The van der Waals surface area contributed by atoms with Crippen molar-refractivity contribution in [1.82, 2.24) is 5.16 Å². The van der Waals surface area contributed by atoms with Gasteiger partial charge in [-0.05, 0) is 6.92 Å². The third-order valence-electron chi connectivity index (χ3n) is 1.99. The molecule has 2 N–H and O–H groups in total. The van der Waals surface area contributed by atoms with E-state index >= 15 is 0 Å². The van der Waals surface area contributed by atoms with Crippen LogP contribution in [-0.4, -0.2) is 11.7 Å². The first-order chi connectivity index (χ1) is 4.88. The second kappa shape index (κ2) is 2.09. The van der Waals surface area contributed by atoms with Gasteiger partial charge in [0.05, 0.1) is 12.2 Å². The Morgan fingerprint density at radius 1 is 1.60 bits per heavy atom. The van der Waals surface area contributed by atoms with Crippen LogP contribution in [0.2, 0.25) is 0 Å². The highest BCUT2D eigenvalue weighted by Crippen LogP contribution is 2.13. The smallest absolute Gasteiger partial charge is 0.194 e. The second-order valence-corrected chi connectivity index (χ2v) is 2.70. The van der Waals surface area contributed by atoms with Crippen molar-refractivity contribution in [2.45, 2.75) is 19.9 Å². The van der Waals surface area contributed by atoms with Crippen LogP contribution in [-0.2, 0) is 13.0 Å². The largest absolute Gasteiger partial charge is 0.355 e. The normalized spacial score (nSPS) is 16.9. The Kier molecular flexibility index (Phi) is 1.24. The molecular weight excluding hydrogens is 128 g/mol. The first kappa shape index (κ1) is 5.92. The molecule has 54 valence electrons. The molecular formula is C7H11N2O+. The summed E-state index contributed by atoms with van der Waals surface area (Å²) in [7, 11) is 0. The summed E-state index contributed by atoms with van der Waals surface area (Å²) in [6.45, 7) is 4.15. The van der Waals surface area contributed by atoms with Gasteiger partial charge in [-0.15, -0.1) is 0 Å². The fraction of sp³-hybridized carbons (Fsp3) is 0.571. The van der Waals surface area contributed by atoms with Crippen molar-refractivity contribution in [2.24, 2.45) is 0 Å². The lowest BCUT2D eigenvalue weighted by Crippen LogP contribution is -2.84. The molecule has 0 radical (unpaired) electrons. The lowest BCUT2D eigenvalue weighted by atomic mass is 10.1. The molecule has 3 nitrogen and oxygen atoms in total. The standard InChI is InChI=1S/C7H10N2O/c1-5-6-2-3-8-4-7(6)10-9-5/h8H,2-4H2,1H3/p+1. The van der Waals surface area contributed by atoms with Gasteiger partial charge in [0.25, 0.3) is 0 Å². The molecule has 1 aromatic rings. The van der Waals surface area contributed by atoms with Crippen LogP contribution in [0.1, 0.15) is 17.0 Å². The SMILES string of the molecule is Cc1noc2c1CC[NH2+]C2. The van der Waals surface area contributed by atoms with Gasteiger partial charge in [0.1, 0.15) is 6.54 Å². The number of hydrogen-bond acceptors (Lipinski definition) is 2. The van der Waals surface area contributed by atoms with Crippen molar-refractivity contribution in [1.29, 1.82) is 0 Å². The Balaban J connectivity index is 2.45. The van der Waals surface area contributed by atoms with Gasteiger partial charge < -0.3 is 9.84 Å². The fourth-order valence-electron chi connectivity index (χ4n) is 1.40. The maximum atomic E-state index is 5.11. The maximum Gasteiger partial charge on any atom is 0.194 e. The lowest BCUT2D eigenvalue weighted by Gasteiger charge is -2.06. The van der Waals surface area contributed by atoms with Crippen molar-refractivity contribution < 1.29 is 9.84 Å². The van der Waals surface area contributed by atoms with Crippen LogP contribution in [0.5, 0.6) is 0 Å². The molecule has 0 saturated heterocycles. The zero-order valence-electron chi connectivity index (χ0n) is 6.05. The van der Waals surface area contributed by atoms with Gasteiger partial charge in [-0.2, -0.15) is 0 Å². The number of rotatable bonds is 0. The van der Waals surface area contributed by atoms with Crippen LogP contribution in [0.4, 0.5) is 0 Å². The van der Waals surface area contributed by atoms with Gasteiger partial charge in [-0.25, -0.2) is 0 Å². The highest BCUT2D eigenvalue weighted by atomic mass is 16.5. The van der Waals surface area contributed by atoms with E-state index in [4.69, 9.17) is 4.52 Å². The van der Waals surface area contributed by atoms with Crippen molar-refractivity contribution in [3.8, 4) is 0 Å². The van der Waals surface area contributed by atoms with Crippen LogP contribution in [0.25, 0.3) is 0 Å². The summed E-state index contributed by atoms with van der Waals surface area (Å²) in [4.78, 5) is 0. The molecule has 2 rings (SSSR count). The predicted octanol–water partition coefficient (Wildman–Crippen LogP) is -0.397. The topological polar surface area (TPSA) is 42.6 Å². The molecule has 0 aliphatic carbocycles. The number of hydrogen-bond donors (Lipinski definition) is 1. The molecule has 1 aliphatic heterocycles. The zero-order valence-corrected chi connectivity index (χ0v) is 6.05. The summed E-state index contributed by atoms with van der Waals surface area (Å²) >= 11 is 0. The molecule has 0 amide bonds. The molecule has 0 spiro atoms. The molecule has 0 aromatic carbocycles. The van der Waals surface area contributed by atoms with Gasteiger partial charge in [-0.1, -0.05) is 5.16 Å². The maximum absolute atomic E-state index is 5.11. The number of quaternary nitrogens is 1. The van der Waals surface area contributed by atoms with Gasteiger partial charge in [0.15, 0.2) is 5.76 Å². The van der Waals surface area contributed by atoms with Crippen LogP contribution in [0, 0.1) is 6.92 Å². The zero-order chi connectivity index (χ0) is 6.97. The van der Waals surface area contributed by atoms with Crippen molar-refractivity contribution in [2.75, 3.05) is 6.54 Å². The Morgan fingerprint density at radius 3 is 3.30 bits per heavy atom. The monoisotopic (exact) mass is 139 g/mol. The first-order valence-corrected chi connectivity index (χ1v) is 3.63. The molecule has 0 unspecified atom stereocenters. The van der Waals surface area contributed by atoms with E-state index in [0.29, 0.717) is 0 Å². The van der Waals surface area contributed by atoms with E-state index in [1.807, 2.05) is 6.92 Å². The quantitative estimate of drug-likeness (QED) is 0.531. The van der Waals surface area contributed by atoms with E-state index in [-0.39, 0.29) is 0 Å². The molecule has 1 aliphatic rings. The van der Waals surface area contributed by atoms with Gasteiger partial charge >= 0.3 is 0 Å². The molecule has 3 heteroatoms. The molecule has 2 heterocycles. The number of fused-ring (bicyclic) bond motifs is 1. The number of nitrogens with two attached hydrogens (primary N) is 1. The summed E-state index contributed by atoms with van der Waals surface area (Å²) < 4.78 is 5.11. The summed E-state index contributed by atoms with van der Waals surface area (Å²) in [6.07, 6.45) is 1.12. The lowest BCUT2D eigenvalue weighted by molar-refractivity contribution is -0.675. The van der Waals surface area contributed by atoms with E-state index in [2.05, 4.69) is 10.5 Å². The Labute approximate surface area is 59.4 Å². The van der Waals surface area contributed by atoms with Gasteiger partial charge in [-0.3, -0.25) is 0 Å². The number of aromatic nitrogens is 1. The minimum atomic E-state index is 0.968. The molecule has 10 heavy (non-hydrogen) atoms. The van der Waals surface area contributed by atoms with Crippen LogP contribution in [0.3, 0.4) is 0 Å². The molecule has 0 bridgehead atoms. The van der Waals surface area contributed by atoms with Gasteiger partial charge in [0, 0.05) is 12.0 Å². The Morgan fingerprint density at radius 2 is 2.50 bits per heavy atom. The highest BCUT2D eigenvalue weighted by molar-refractivity contribution is 5.22. The van der Waals surface area contributed by atoms with Crippen molar-refractivity contribution >= 4 is 0 Å². The first-order valence-electron chi connectivity index (χ1n) is 3.63. The molecule has 0 fully saturated rings. The molecule has 1 aromatic heterocycles. The molecule has 0 saturated carbocycles. The van der Waals surface area contributed by atoms with E-state index in [1.165, 1.54) is 12.1 Å². The third-order valence-corrected chi connectivity index (χ3v) is 1.99. The van der Waals surface area contributed by atoms with Crippen LogP contribution >= 0.6 is 0 Å². The summed E-state index contributed by atoms with van der Waals surface area (Å²) in [5.41, 5.74) is 2.41. The Bertz CT molecular complexity index is 242.